The fraction of sp³-hybridized carbons (Fsp3) is 0.619. The monoisotopic (exact) mass is 356 g/mol. The van der Waals surface area contributed by atoms with E-state index in [-0.39, 0.29) is 11.8 Å². The van der Waals surface area contributed by atoms with Gasteiger partial charge in [-0.2, -0.15) is 0 Å². The lowest BCUT2D eigenvalue weighted by molar-refractivity contribution is -0.122. The first-order valence-corrected chi connectivity index (χ1v) is 10.1. The second-order valence-electron chi connectivity index (χ2n) is 7.42. The van der Waals surface area contributed by atoms with Gasteiger partial charge in [0.1, 0.15) is 0 Å². The van der Waals surface area contributed by atoms with Gasteiger partial charge in [0.15, 0.2) is 5.96 Å². The van der Waals surface area contributed by atoms with Crippen LogP contribution in [-0.4, -0.2) is 49.5 Å². The van der Waals surface area contributed by atoms with Crippen molar-refractivity contribution in [3.8, 4) is 0 Å². The number of benzene rings is 1. The summed E-state index contributed by atoms with van der Waals surface area (Å²) in [5, 5.41) is 6.39. The Morgan fingerprint density at radius 1 is 1.12 bits per heavy atom. The number of carbonyl (C=O) groups is 1. The van der Waals surface area contributed by atoms with Crippen molar-refractivity contribution < 1.29 is 4.79 Å². The van der Waals surface area contributed by atoms with Crippen LogP contribution in [-0.2, 0) is 11.2 Å². The van der Waals surface area contributed by atoms with Crippen molar-refractivity contribution in [2.24, 2.45) is 16.8 Å². The summed E-state index contributed by atoms with van der Waals surface area (Å²) in [5.41, 5.74) is 1.44. The number of hydrogen-bond acceptors (Lipinski definition) is 2. The number of aliphatic imine (C=N–C) groups is 1. The minimum absolute atomic E-state index is 0.201. The Balaban J connectivity index is 1.43. The molecular formula is C21H32N4O. The van der Waals surface area contributed by atoms with Crippen LogP contribution in [0.2, 0.25) is 0 Å². The molecular weight excluding hydrogens is 324 g/mol. The Morgan fingerprint density at radius 2 is 1.85 bits per heavy atom. The molecule has 1 aliphatic carbocycles. The lowest BCUT2D eigenvalue weighted by Gasteiger charge is -2.34. The van der Waals surface area contributed by atoms with E-state index in [9.17, 15) is 4.79 Å². The minimum atomic E-state index is 0.201. The summed E-state index contributed by atoms with van der Waals surface area (Å²) in [5.74, 6) is 2.23. The van der Waals surface area contributed by atoms with E-state index in [1.165, 1.54) is 24.8 Å². The van der Waals surface area contributed by atoms with Crippen molar-refractivity contribution >= 4 is 11.9 Å². The SMILES string of the molecule is CCNC(=NCCNC(=O)C1CC1)N1CCC(Cc2ccccc2)CC1. The average Bonchev–Trinajstić information content (AvgIpc) is 3.51. The Hall–Kier alpha value is -2.04. The first kappa shape index (κ1) is 18.7. The van der Waals surface area contributed by atoms with E-state index in [4.69, 9.17) is 4.99 Å². The second kappa shape index (κ2) is 9.60. The number of piperidine rings is 1. The number of hydrogen-bond donors (Lipinski definition) is 2. The molecule has 0 aromatic heterocycles. The second-order valence-corrected chi connectivity index (χ2v) is 7.42. The smallest absolute Gasteiger partial charge is 0.223 e. The molecule has 5 heteroatoms. The molecule has 3 rings (SSSR count). The quantitative estimate of drug-likeness (QED) is 0.448. The summed E-state index contributed by atoms with van der Waals surface area (Å²) in [6.07, 6.45) is 5.69. The molecule has 1 aromatic rings. The molecule has 0 unspecified atom stereocenters. The van der Waals surface area contributed by atoms with Crippen LogP contribution in [0.3, 0.4) is 0 Å². The molecule has 1 aromatic carbocycles. The van der Waals surface area contributed by atoms with Gasteiger partial charge in [0.05, 0.1) is 6.54 Å². The topological polar surface area (TPSA) is 56.7 Å². The van der Waals surface area contributed by atoms with Crippen molar-refractivity contribution in [2.75, 3.05) is 32.7 Å². The molecule has 1 saturated heterocycles. The molecule has 2 fully saturated rings. The maximum atomic E-state index is 11.7. The van der Waals surface area contributed by atoms with E-state index in [2.05, 4.69) is 52.8 Å². The Kier molecular flexibility index (Phi) is 6.92. The number of carbonyl (C=O) groups excluding carboxylic acids is 1. The predicted molar refractivity (Wildman–Crippen MR) is 106 cm³/mol. The summed E-state index contributed by atoms with van der Waals surface area (Å²) in [6, 6.07) is 10.8. The highest BCUT2D eigenvalue weighted by molar-refractivity contribution is 5.81. The van der Waals surface area contributed by atoms with Gasteiger partial charge in [-0.05, 0) is 50.5 Å². The van der Waals surface area contributed by atoms with Gasteiger partial charge in [-0.15, -0.1) is 0 Å². The molecule has 0 bridgehead atoms. The molecule has 1 heterocycles. The zero-order valence-electron chi connectivity index (χ0n) is 15.9. The van der Waals surface area contributed by atoms with Crippen molar-refractivity contribution in [2.45, 2.75) is 39.0 Å². The highest BCUT2D eigenvalue weighted by Crippen LogP contribution is 2.28. The maximum Gasteiger partial charge on any atom is 0.223 e. The Bertz CT molecular complexity index is 589. The molecule has 0 spiro atoms. The zero-order valence-corrected chi connectivity index (χ0v) is 15.9. The van der Waals surface area contributed by atoms with E-state index in [1.807, 2.05) is 0 Å². The highest BCUT2D eigenvalue weighted by Gasteiger charge is 2.29. The van der Waals surface area contributed by atoms with Gasteiger partial charge in [0.2, 0.25) is 5.91 Å². The average molecular weight is 357 g/mol. The van der Waals surface area contributed by atoms with Crippen LogP contribution >= 0.6 is 0 Å². The van der Waals surface area contributed by atoms with Crippen molar-refractivity contribution in [3.05, 3.63) is 35.9 Å². The number of nitrogens with one attached hydrogen (secondary N) is 2. The molecule has 2 N–H and O–H groups in total. The Morgan fingerprint density at radius 3 is 2.50 bits per heavy atom. The standard InChI is InChI=1S/C21H32N4O/c1-2-22-21(24-13-12-23-20(26)19-8-9-19)25-14-10-18(11-15-25)16-17-6-4-3-5-7-17/h3-7,18-19H,2,8-16H2,1H3,(H,22,24)(H,23,26). The zero-order chi connectivity index (χ0) is 18.2. The fourth-order valence-corrected chi connectivity index (χ4v) is 3.55. The number of rotatable bonds is 7. The number of likely N-dealkylation sites (tertiary alicyclic amines) is 1. The van der Waals surface area contributed by atoms with Crippen LogP contribution in [0.1, 0.15) is 38.2 Å². The molecule has 1 aliphatic heterocycles. The van der Waals surface area contributed by atoms with E-state index in [1.54, 1.807) is 0 Å². The third kappa shape index (κ3) is 5.75. The van der Waals surface area contributed by atoms with E-state index in [0.29, 0.717) is 13.1 Å². The Labute approximate surface area is 157 Å². The highest BCUT2D eigenvalue weighted by atomic mass is 16.2. The van der Waals surface area contributed by atoms with E-state index in [0.717, 1.165) is 44.4 Å². The maximum absolute atomic E-state index is 11.7. The van der Waals surface area contributed by atoms with Crippen LogP contribution in [0.15, 0.2) is 35.3 Å². The number of nitrogens with zero attached hydrogens (tertiary/aromatic N) is 2. The molecule has 1 amide bonds. The molecule has 0 atom stereocenters. The fourth-order valence-electron chi connectivity index (χ4n) is 3.55. The summed E-state index contributed by atoms with van der Waals surface area (Å²) in [4.78, 5) is 18.8. The van der Waals surface area contributed by atoms with Gasteiger partial charge < -0.3 is 15.5 Å². The largest absolute Gasteiger partial charge is 0.357 e. The molecule has 0 radical (unpaired) electrons. The van der Waals surface area contributed by atoms with Crippen LogP contribution < -0.4 is 10.6 Å². The van der Waals surface area contributed by atoms with Crippen molar-refractivity contribution in [1.82, 2.24) is 15.5 Å². The van der Waals surface area contributed by atoms with Gasteiger partial charge in [-0.3, -0.25) is 9.79 Å². The first-order chi connectivity index (χ1) is 12.8. The van der Waals surface area contributed by atoms with Gasteiger partial charge >= 0.3 is 0 Å². The number of amides is 1. The van der Waals surface area contributed by atoms with E-state index >= 15 is 0 Å². The van der Waals surface area contributed by atoms with Crippen LogP contribution in [0.25, 0.3) is 0 Å². The summed E-state index contributed by atoms with van der Waals surface area (Å²) in [6.45, 7) is 6.36. The predicted octanol–water partition coefficient (Wildman–Crippen LogP) is 2.43. The molecule has 142 valence electrons. The molecule has 1 saturated carbocycles. The normalized spacial score (nSPS) is 18.7. The molecule has 2 aliphatic rings. The van der Waals surface area contributed by atoms with Crippen molar-refractivity contribution in [3.63, 3.8) is 0 Å². The lowest BCUT2D eigenvalue weighted by atomic mass is 9.90. The van der Waals surface area contributed by atoms with Gasteiger partial charge in [-0.1, -0.05) is 30.3 Å². The summed E-state index contributed by atoms with van der Waals surface area (Å²) in [7, 11) is 0. The molecule has 26 heavy (non-hydrogen) atoms. The molecule has 5 nitrogen and oxygen atoms in total. The van der Waals surface area contributed by atoms with E-state index < -0.39 is 0 Å². The van der Waals surface area contributed by atoms with Crippen LogP contribution in [0.5, 0.6) is 0 Å². The van der Waals surface area contributed by atoms with Gasteiger partial charge in [0.25, 0.3) is 0 Å². The summed E-state index contributed by atoms with van der Waals surface area (Å²) < 4.78 is 0. The summed E-state index contributed by atoms with van der Waals surface area (Å²) >= 11 is 0. The van der Waals surface area contributed by atoms with Gasteiger partial charge in [0, 0.05) is 32.1 Å². The first-order valence-electron chi connectivity index (χ1n) is 10.1. The third-order valence-corrected chi connectivity index (χ3v) is 5.24. The van der Waals surface area contributed by atoms with Gasteiger partial charge in [-0.25, -0.2) is 0 Å². The van der Waals surface area contributed by atoms with Crippen LogP contribution in [0.4, 0.5) is 0 Å². The van der Waals surface area contributed by atoms with Crippen molar-refractivity contribution in [1.29, 1.82) is 0 Å². The minimum Gasteiger partial charge on any atom is -0.357 e. The lowest BCUT2D eigenvalue weighted by Crippen LogP contribution is -2.46. The third-order valence-electron chi connectivity index (χ3n) is 5.24. The van der Waals surface area contributed by atoms with Crippen LogP contribution in [0, 0.1) is 11.8 Å². The number of guanidine groups is 1.